The van der Waals surface area contributed by atoms with Crippen LogP contribution >= 0.6 is 22.7 Å². The summed E-state index contributed by atoms with van der Waals surface area (Å²) in [7, 11) is 2.05. The third kappa shape index (κ3) is 2.73. The van der Waals surface area contributed by atoms with Gasteiger partial charge in [-0.25, -0.2) is 0 Å². The van der Waals surface area contributed by atoms with Gasteiger partial charge in [0, 0.05) is 10.9 Å². The molecule has 0 aliphatic heterocycles. The normalized spacial score (nSPS) is 12.9. The second kappa shape index (κ2) is 5.62. The molecule has 0 aromatic carbocycles. The van der Waals surface area contributed by atoms with E-state index in [9.17, 15) is 0 Å². The molecule has 2 heterocycles. The van der Waals surface area contributed by atoms with E-state index in [0.717, 1.165) is 6.42 Å². The lowest BCUT2D eigenvalue weighted by Gasteiger charge is -2.15. The van der Waals surface area contributed by atoms with Crippen LogP contribution in [0, 0.1) is 6.92 Å². The Morgan fingerprint density at radius 1 is 1.31 bits per heavy atom. The number of nitrogens with one attached hydrogen (secondary N) is 1. The highest BCUT2D eigenvalue weighted by Crippen LogP contribution is 2.27. The van der Waals surface area contributed by atoms with Crippen LogP contribution in [-0.2, 0) is 6.42 Å². The van der Waals surface area contributed by atoms with Crippen molar-refractivity contribution < 1.29 is 0 Å². The standard InChI is InChI=1S/C13H17NS2/c1-10-5-8-16-13(10)12(14-2)4-3-11-6-7-15-9-11/h5-9,12,14H,3-4H2,1-2H3. The van der Waals surface area contributed by atoms with Crippen LogP contribution < -0.4 is 5.32 Å². The SMILES string of the molecule is CNC(CCc1ccsc1)c1sccc1C. The lowest BCUT2D eigenvalue weighted by Crippen LogP contribution is -2.16. The van der Waals surface area contributed by atoms with Gasteiger partial charge in [-0.15, -0.1) is 11.3 Å². The molecule has 3 heteroatoms. The van der Waals surface area contributed by atoms with Crippen LogP contribution in [0.1, 0.15) is 28.5 Å². The summed E-state index contributed by atoms with van der Waals surface area (Å²) in [6.07, 6.45) is 2.33. The van der Waals surface area contributed by atoms with Crippen molar-refractivity contribution in [2.75, 3.05) is 7.05 Å². The average Bonchev–Trinajstić information content (AvgIpc) is 2.92. The van der Waals surface area contributed by atoms with Gasteiger partial charge in [-0.05, 0) is 66.2 Å². The number of hydrogen-bond acceptors (Lipinski definition) is 3. The first-order valence-electron chi connectivity index (χ1n) is 5.53. The number of thiophene rings is 2. The fourth-order valence-corrected chi connectivity index (χ4v) is 3.67. The van der Waals surface area contributed by atoms with Crippen LogP contribution in [0.4, 0.5) is 0 Å². The maximum atomic E-state index is 3.42. The highest BCUT2D eigenvalue weighted by Gasteiger charge is 2.12. The van der Waals surface area contributed by atoms with Crippen LogP contribution in [0.3, 0.4) is 0 Å². The molecule has 0 spiro atoms. The van der Waals surface area contributed by atoms with Gasteiger partial charge in [-0.2, -0.15) is 11.3 Å². The molecule has 16 heavy (non-hydrogen) atoms. The molecular weight excluding hydrogens is 234 g/mol. The van der Waals surface area contributed by atoms with Gasteiger partial charge in [0.1, 0.15) is 0 Å². The van der Waals surface area contributed by atoms with Crippen LogP contribution in [-0.4, -0.2) is 7.05 Å². The second-order valence-corrected chi connectivity index (χ2v) is 5.71. The van der Waals surface area contributed by atoms with E-state index >= 15 is 0 Å². The van der Waals surface area contributed by atoms with Gasteiger partial charge in [0.05, 0.1) is 0 Å². The van der Waals surface area contributed by atoms with Crippen LogP contribution in [0.15, 0.2) is 28.3 Å². The highest BCUT2D eigenvalue weighted by atomic mass is 32.1. The Morgan fingerprint density at radius 2 is 2.19 bits per heavy atom. The van der Waals surface area contributed by atoms with Crippen LogP contribution in [0.5, 0.6) is 0 Å². The molecule has 2 rings (SSSR count). The van der Waals surface area contributed by atoms with E-state index in [1.807, 2.05) is 11.3 Å². The first-order valence-corrected chi connectivity index (χ1v) is 7.36. The number of hydrogen-bond donors (Lipinski definition) is 1. The molecule has 0 aliphatic carbocycles. The van der Waals surface area contributed by atoms with Gasteiger partial charge in [-0.3, -0.25) is 0 Å². The third-order valence-electron chi connectivity index (χ3n) is 2.87. The summed E-state index contributed by atoms with van der Waals surface area (Å²) < 4.78 is 0. The quantitative estimate of drug-likeness (QED) is 0.846. The first kappa shape index (κ1) is 11.8. The van der Waals surface area contributed by atoms with Gasteiger partial charge in [0.2, 0.25) is 0 Å². The molecule has 1 atom stereocenters. The molecule has 1 unspecified atom stereocenters. The summed E-state index contributed by atoms with van der Waals surface area (Å²) in [5.74, 6) is 0. The molecule has 1 N–H and O–H groups in total. The molecule has 2 aromatic rings. The molecule has 2 aromatic heterocycles. The van der Waals surface area contributed by atoms with E-state index in [2.05, 4.69) is 47.6 Å². The minimum absolute atomic E-state index is 0.500. The Bertz CT molecular complexity index is 417. The van der Waals surface area contributed by atoms with E-state index in [1.165, 1.54) is 22.4 Å². The minimum Gasteiger partial charge on any atom is -0.312 e. The maximum absolute atomic E-state index is 3.42. The Hall–Kier alpha value is -0.640. The van der Waals surface area contributed by atoms with E-state index in [4.69, 9.17) is 0 Å². The zero-order valence-electron chi connectivity index (χ0n) is 9.69. The molecule has 0 saturated carbocycles. The Kier molecular flexibility index (Phi) is 4.16. The Balaban J connectivity index is 1.99. The predicted octanol–water partition coefficient (Wildman–Crippen LogP) is 4.01. The monoisotopic (exact) mass is 251 g/mol. The molecule has 86 valence electrons. The van der Waals surface area contributed by atoms with Gasteiger partial charge in [0.15, 0.2) is 0 Å². The van der Waals surface area contributed by atoms with Gasteiger partial charge in [0.25, 0.3) is 0 Å². The van der Waals surface area contributed by atoms with E-state index in [-0.39, 0.29) is 0 Å². The fraction of sp³-hybridized carbons (Fsp3) is 0.385. The van der Waals surface area contributed by atoms with Gasteiger partial charge in [-0.1, -0.05) is 0 Å². The summed E-state index contributed by atoms with van der Waals surface area (Å²) >= 11 is 3.64. The Morgan fingerprint density at radius 3 is 2.75 bits per heavy atom. The zero-order valence-corrected chi connectivity index (χ0v) is 11.3. The Labute approximate surface area is 105 Å². The van der Waals surface area contributed by atoms with Crippen molar-refractivity contribution in [3.63, 3.8) is 0 Å². The number of aryl methyl sites for hydroxylation is 2. The molecular formula is C13H17NS2. The van der Waals surface area contributed by atoms with Crippen molar-refractivity contribution in [3.05, 3.63) is 44.3 Å². The van der Waals surface area contributed by atoms with E-state index in [0.29, 0.717) is 6.04 Å². The maximum Gasteiger partial charge on any atom is 0.0418 e. The van der Waals surface area contributed by atoms with Crippen molar-refractivity contribution in [2.24, 2.45) is 0 Å². The van der Waals surface area contributed by atoms with Crippen molar-refractivity contribution in [1.82, 2.24) is 5.32 Å². The summed E-state index contributed by atoms with van der Waals surface area (Å²) in [4.78, 5) is 1.48. The summed E-state index contributed by atoms with van der Waals surface area (Å²) in [5.41, 5.74) is 2.87. The molecule has 0 amide bonds. The highest BCUT2D eigenvalue weighted by molar-refractivity contribution is 7.10. The first-order chi connectivity index (χ1) is 7.81. The van der Waals surface area contributed by atoms with Gasteiger partial charge < -0.3 is 5.32 Å². The predicted molar refractivity (Wildman–Crippen MR) is 73.5 cm³/mol. The number of rotatable bonds is 5. The molecule has 0 radical (unpaired) electrons. The van der Waals surface area contributed by atoms with Crippen molar-refractivity contribution in [3.8, 4) is 0 Å². The van der Waals surface area contributed by atoms with Crippen molar-refractivity contribution in [1.29, 1.82) is 0 Å². The van der Waals surface area contributed by atoms with E-state index < -0.39 is 0 Å². The molecule has 0 saturated heterocycles. The molecule has 0 fully saturated rings. The zero-order chi connectivity index (χ0) is 11.4. The van der Waals surface area contributed by atoms with Crippen LogP contribution in [0.2, 0.25) is 0 Å². The minimum atomic E-state index is 0.500. The summed E-state index contributed by atoms with van der Waals surface area (Å²) in [6, 6.07) is 4.92. The van der Waals surface area contributed by atoms with Crippen LogP contribution in [0.25, 0.3) is 0 Å². The van der Waals surface area contributed by atoms with Crippen molar-refractivity contribution in [2.45, 2.75) is 25.8 Å². The topological polar surface area (TPSA) is 12.0 Å². The lowest BCUT2D eigenvalue weighted by molar-refractivity contribution is 0.556. The third-order valence-corrected chi connectivity index (χ3v) is 4.73. The van der Waals surface area contributed by atoms with Gasteiger partial charge >= 0.3 is 0 Å². The fourth-order valence-electron chi connectivity index (χ4n) is 1.89. The summed E-state index contributed by atoms with van der Waals surface area (Å²) in [6.45, 7) is 2.20. The molecule has 0 bridgehead atoms. The lowest BCUT2D eigenvalue weighted by atomic mass is 10.0. The second-order valence-electron chi connectivity index (χ2n) is 3.98. The largest absolute Gasteiger partial charge is 0.312 e. The molecule has 1 nitrogen and oxygen atoms in total. The average molecular weight is 251 g/mol. The van der Waals surface area contributed by atoms with E-state index in [1.54, 1.807) is 11.3 Å². The molecule has 0 aliphatic rings. The van der Waals surface area contributed by atoms with Crippen molar-refractivity contribution >= 4 is 22.7 Å². The summed E-state index contributed by atoms with van der Waals surface area (Å²) in [5, 5.41) is 10.00. The smallest absolute Gasteiger partial charge is 0.0418 e.